The van der Waals surface area contributed by atoms with Gasteiger partial charge >= 0.3 is 0 Å². The summed E-state index contributed by atoms with van der Waals surface area (Å²) in [5.74, 6) is -0.162. The van der Waals surface area contributed by atoms with Crippen LogP contribution in [-0.2, 0) is 6.42 Å². The lowest BCUT2D eigenvalue weighted by atomic mass is 9.96. The number of anilines is 1. The molecule has 1 aliphatic rings. The van der Waals surface area contributed by atoms with Crippen molar-refractivity contribution in [1.82, 2.24) is 10.3 Å². The Morgan fingerprint density at radius 1 is 1.28 bits per heavy atom. The van der Waals surface area contributed by atoms with Gasteiger partial charge < -0.3 is 15.7 Å². The van der Waals surface area contributed by atoms with Gasteiger partial charge in [-0.15, -0.1) is 0 Å². The normalized spacial score (nSPS) is 15.1. The maximum absolute atomic E-state index is 12.1. The quantitative estimate of drug-likeness (QED) is 0.702. The van der Waals surface area contributed by atoms with Gasteiger partial charge in [-0.2, -0.15) is 4.98 Å². The first-order valence-electron chi connectivity index (χ1n) is 8.61. The zero-order chi connectivity index (χ0) is 17.6. The number of halogens is 1. The molecule has 0 aliphatic heterocycles. The molecule has 7 heteroatoms. The fourth-order valence-corrected chi connectivity index (χ4v) is 4.17. The van der Waals surface area contributed by atoms with Crippen LogP contribution in [0.15, 0.2) is 24.3 Å². The van der Waals surface area contributed by atoms with Gasteiger partial charge in [-0.25, -0.2) is 0 Å². The van der Waals surface area contributed by atoms with E-state index >= 15 is 0 Å². The fourth-order valence-electron chi connectivity index (χ4n) is 3.02. The van der Waals surface area contributed by atoms with Crippen molar-refractivity contribution in [1.29, 1.82) is 0 Å². The van der Waals surface area contributed by atoms with E-state index in [1.165, 1.54) is 30.6 Å². The number of rotatable bonds is 6. The highest BCUT2D eigenvalue weighted by Crippen LogP contribution is 2.30. The van der Waals surface area contributed by atoms with Crippen LogP contribution in [0, 0.1) is 0 Å². The second-order valence-electron chi connectivity index (χ2n) is 6.23. The van der Waals surface area contributed by atoms with Gasteiger partial charge in [0.25, 0.3) is 5.91 Å². The van der Waals surface area contributed by atoms with Gasteiger partial charge in [-0.05, 0) is 25.0 Å². The Morgan fingerprint density at radius 3 is 2.80 bits per heavy atom. The van der Waals surface area contributed by atoms with E-state index in [0.29, 0.717) is 29.6 Å². The predicted molar refractivity (Wildman–Crippen MR) is 102 cm³/mol. The molecule has 1 aromatic heterocycles. The topological polar surface area (TPSA) is 74.2 Å². The molecule has 2 aromatic rings. The maximum Gasteiger partial charge on any atom is 0.252 e. The molecule has 3 N–H and O–H groups in total. The highest BCUT2D eigenvalue weighted by Gasteiger charge is 2.17. The lowest BCUT2D eigenvalue weighted by molar-refractivity contribution is 0.0954. The zero-order valence-corrected chi connectivity index (χ0v) is 15.5. The average molecular weight is 380 g/mol. The maximum atomic E-state index is 12.1. The Bertz CT molecular complexity index is 729. The number of aromatic nitrogens is 1. The smallest absolute Gasteiger partial charge is 0.252 e. The molecule has 0 atom stereocenters. The standard InChI is InChI=1S/C18H22ClN3O2S/c19-14-9-5-4-8-13(14)16(23)20-11-10-15-17(24)22-18(25-15)21-12-6-2-1-3-7-12/h4-5,8-9,12,24H,1-3,6-7,10-11H2,(H,20,23)(H,21,22). The molecule has 0 radical (unpaired) electrons. The third-order valence-corrected chi connectivity index (χ3v) is 5.73. The zero-order valence-electron chi connectivity index (χ0n) is 13.9. The van der Waals surface area contributed by atoms with Crippen LogP contribution in [0.25, 0.3) is 0 Å². The lowest BCUT2D eigenvalue weighted by Gasteiger charge is -2.22. The van der Waals surface area contributed by atoms with Crippen molar-refractivity contribution in [3.63, 3.8) is 0 Å². The Balaban J connectivity index is 1.51. The number of carbonyl (C=O) groups excluding carboxylic acids is 1. The number of nitrogens with zero attached hydrogens (tertiary/aromatic N) is 1. The van der Waals surface area contributed by atoms with E-state index < -0.39 is 0 Å². The fraction of sp³-hybridized carbons (Fsp3) is 0.444. The SMILES string of the molecule is O=C(NCCc1sc(NC2CCCCC2)nc1O)c1ccccc1Cl. The second kappa shape index (κ2) is 8.54. The lowest BCUT2D eigenvalue weighted by Crippen LogP contribution is -2.25. The van der Waals surface area contributed by atoms with Crippen LogP contribution in [0.5, 0.6) is 5.88 Å². The van der Waals surface area contributed by atoms with E-state index in [1.54, 1.807) is 24.3 Å². The Hall–Kier alpha value is -1.79. The molecule has 1 aliphatic carbocycles. The van der Waals surface area contributed by atoms with Crippen molar-refractivity contribution in [2.24, 2.45) is 0 Å². The van der Waals surface area contributed by atoms with Gasteiger partial charge in [0.05, 0.1) is 15.5 Å². The number of aromatic hydroxyl groups is 1. The van der Waals surface area contributed by atoms with Crippen molar-refractivity contribution in [3.05, 3.63) is 39.7 Å². The van der Waals surface area contributed by atoms with Crippen molar-refractivity contribution in [2.75, 3.05) is 11.9 Å². The minimum absolute atomic E-state index is 0.0512. The van der Waals surface area contributed by atoms with E-state index in [0.717, 1.165) is 22.9 Å². The van der Waals surface area contributed by atoms with E-state index in [9.17, 15) is 9.90 Å². The largest absolute Gasteiger partial charge is 0.492 e. The van der Waals surface area contributed by atoms with Crippen molar-refractivity contribution >= 4 is 34.0 Å². The molecule has 1 aromatic carbocycles. The Kier molecular flexibility index (Phi) is 6.15. The van der Waals surface area contributed by atoms with Crippen LogP contribution in [0.4, 0.5) is 5.13 Å². The second-order valence-corrected chi connectivity index (χ2v) is 7.72. The van der Waals surface area contributed by atoms with Gasteiger partial charge in [0, 0.05) is 19.0 Å². The summed E-state index contributed by atoms with van der Waals surface area (Å²) in [5.41, 5.74) is 0.456. The number of benzene rings is 1. The van der Waals surface area contributed by atoms with Gasteiger partial charge in [-0.1, -0.05) is 54.3 Å². The Labute approximate surface area is 156 Å². The summed E-state index contributed by atoms with van der Waals surface area (Å²) in [6, 6.07) is 7.39. The number of carbonyl (C=O) groups is 1. The summed E-state index contributed by atoms with van der Waals surface area (Å²) >= 11 is 7.47. The number of amides is 1. The Morgan fingerprint density at radius 2 is 2.04 bits per heavy atom. The summed E-state index contributed by atoms with van der Waals surface area (Å²) in [7, 11) is 0. The highest BCUT2D eigenvalue weighted by molar-refractivity contribution is 7.15. The minimum atomic E-state index is -0.213. The summed E-state index contributed by atoms with van der Waals surface area (Å²) in [6.45, 7) is 0.419. The molecular formula is C18H22ClN3O2S. The van der Waals surface area contributed by atoms with Crippen LogP contribution >= 0.6 is 22.9 Å². The van der Waals surface area contributed by atoms with E-state index in [2.05, 4.69) is 15.6 Å². The van der Waals surface area contributed by atoms with Crippen LogP contribution in [0.2, 0.25) is 5.02 Å². The molecule has 3 rings (SSSR count). The molecule has 0 spiro atoms. The molecule has 25 heavy (non-hydrogen) atoms. The minimum Gasteiger partial charge on any atom is -0.492 e. The molecule has 1 saturated carbocycles. The summed E-state index contributed by atoms with van der Waals surface area (Å²) < 4.78 is 0. The van der Waals surface area contributed by atoms with E-state index in [-0.39, 0.29) is 11.8 Å². The summed E-state index contributed by atoms with van der Waals surface area (Å²) in [5, 5.41) is 17.5. The third-order valence-electron chi connectivity index (χ3n) is 4.37. The number of thiazole rings is 1. The van der Waals surface area contributed by atoms with E-state index in [4.69, 9.17) is 11.6 Å². The van der Waals surface area contributed by atoms with Gasteiger partial charge in [0.2, 0.25) is 5.88 Å². The van der Waals surface area contributed by atoms with Gasteiger partial charge in [-0.3, -0.25) is 4.79 Å². The first kappa shape index (κ1) is 18.0. The van der Waals surface area contributed by atoms with Crippen LogP contribution in [-0.4, -0.2) is 28.6 Å². The summed E-state index contributed by atoms with van der Waals surface area (Å²) in [4.78, 5) is 17.1. The molecular weight excluding hydrogens is 358 g/mol. The van der Waals surface area contributed by atoms with Gasteiger partial charge in [0.1, 0.15) is 0 Å². The molecule has 134 valence electrons. The molecule has 1 amide bonds. The van der Waals surface area contributed by atoms with Crippen molar-refractivity contribution < 1.29 is 9.90 Å². The first-order chi connectivity index (χ1) is 12.1. The first-order valence-corrected chi connectivity index (χ1v) is 9.81. The monoisotopic (exact) mass is 379 g/mol. The van der Waals surface area contributed by atoms with Crippen molar-refractivity contribution in [3.8, 4) is 5.88 Å². The molecule has 0 unspecified atom stereocenters. The molecule has 5 nitrogen and oxygen atoms in total. The third kappa shape index (κ3) is 4.86. The molecule has 1 heterocycles. The van der Waals surface area contributed by atoms with E-state index in [1.807, 2.05) is 0 Å². The molecule has 0 saturated heterocycles. The van der Waals surface area contributed by atoms with Crippen LogP contribution in [0.3, 0.4) is 0 Å². The van der Waals surface area contributed by atoms with Crippen LogP contribution < -0.4 is 10.6 Å². The molecule has 0 bridgehead atoms. The van der Waals surface area contributed by atoms with Crippen molar-refractivity contribution in [2.45, 2.75) is 44.6 Å². The average Bonchev–Trinajstić information content (AvgIpc) is 2.95. The summed E-state index contributed by atoms with van der Waals surface area (Å²) in [6.07, 6.45) is 6.64. The van der Waals surface area contributed by atoms with Gasteiger partial charge in [0.15, 0.2) is 5.13 Å². The highest BCUT2D eigenvalue weighted by atomic mass is 35.5. The van der Waals surface area contributed by atoms with Crippen LogP contribution in [0.1, 0.15) is 47.3 Å². The number of nitrogens with one attached hydrogen (secondary N) is 2. The molecule has 1 fully saturated rings. The predicted octanol–water partition coefficient (Wildman–Crippen LogP) is 4.22. The number of hydrogen-bond acceptors (Lipinski definition) is 5. The number of hydrogen-bond donors (Lipinski definition) is 3.